The maximum absolute atomic E-state index is 11.8. The van der Waals surface area contributed by atoms with Gasteiger partial charge in [0.1, 0.15) is 0 Å². The predicted octanol–water partition coefficient (Wildman–Crippen LogP) is 6.54. The third-order valence-corrected chi connectivity index (χ3v) is 6.15. The highest BCUT2D eigenvalue weighted by molar-refractivity contribution is 5.69. The summed E-state index contributed by atoms with van der Waals surface area (Å²) < 4.78 is 10.6. The van der Waals surface area contributed by atoms with Crippen LogP contribution >= 0.6 is 0 Å². The molecule has 0 fully saturated rings. The van der Waals surface area contributed by atoms with Gasteiger partial charge in [-0.2, -0.15) is 0 Å². The van der Waals surface area contributed by atoms with Crippen molar-refractivity contribution in [1.29, 1.82) is 0 Å². The number of carbonyl (C=O) groups excluding carboxylic acids is 4. The number of hydrogen-bond acceptors (Lipinski definition) is 8. The van der Waals surface area contributed by atoms with E-state index in [0.717, 1.165) is 103 Å². The predicted molar refractivity (Wildman–Crippen MR) is 140 cm³/mol. The van der Waals surface area contributed by atoms with Crippen LogP contribution < -0.4 is 0 Å². The largest absolute Gasteiger partial charge is 0.466 e. The molecule has 0 bridgehead atoms. The highest BCUT2D eigenvalue weighted by Gasteiger charge is 2.09. The Kier molecular flexibility index (Phi) is 24.1. The lowest BCUT2D eigenvalue weighted by molar-refractivity contribution is -0.145. The Morgan fingerprint density at radius 2 is 0.972 bits per heavy atom. The normalized spacial score (nSPS) is 12.2. The van der Waals surface area contributed by atoms with Crippen molar-refractivity contribution in [3.63, 3.8) is 0 Å². The number of carbonyl (C=O) groups is 2. The molecule has 2 unspecified atom stereocenters. The molecule has 0 saturated heterocycles. The van der Waals surface area contributed by atoms with Gasteiger partial charge in [-0.1, -0.05) is 52.4 Å². The molecule has 0 rings (SSSR count). The minimum absolute atomic E-state index is 0.0234. The molecule has 0 aromatic heterocycles. The van der Waals surface area contributed by atoms with Crippen molar-refractivity contribution in [2.24, 2.45) is 9.98 Å². The van der Waals surface area contributed by atoms with E-state index in [0.29, 0.717) is 26.1 Å². The number of nitrogens with zero attached hydrogens (tertiary/aromatic N) is 2. The second-order valence-corrected chi connectivity index (χ2v) is 9.38. The first-order valence-electron chi connectivity index (χ1n) is 14.0. The van der Waals surface area contributed by atoms with Crippen molar-refractivity contribution in [3.05, 3.63) is 0 Å². The zero-order valence-electron chi connectivity index (χ0n) is 22.6. The standard InChI is InChI=1S/C28H48N2O6/c1-3-5-15-25(29-23-31)17-9-11-19-27(33)35-21-13-7-8-14-22-36-28(34)20-12-10-18-26(30-24-32)16-6-4-2/h25-26H,3-22H2,1-2H3. The molecular weight excluding hydrogens is 460 g/mol. The smallest absolute Gasteiger partial charge is 0.305 e. The number of aliphatic imine (C=N–C) groups is 2. The molecule has 0 spiro atoms. The lowest BCUT2D eigenvalue weighted by atomic mass is 10.0. The van der Waals surface area contributed by atoms with Crippen molar-refractivity contribution in [1.82, 2.24) is 0 Å². The Morgan fingerprint density at radius 1 is 0.583 bits per heavy atom. The molecule has 0 N–H and O–H groups in total. The van der Waals surface area contributed by atoms with Gasteiger partial charge in [0, 0.05) is 12.8 Å². The van der Waals surface area contributed by atoms with E-state index in [1.54, 1.807) is 12.2 Å². The number of ether oxygens (including phenoxy) is 2. The third-order valence-electron chi connectivity index (χ3n) is 6.15. The monoisotopic (exact) mass is 508 g/mol. The first kappa shape index (κ1) is 33.7. The first-order chi connectivity index (χ1) is 17.6. The zero-order chi connectivity index (χ0) is 26.7. The van der Waals surface area contributed by atoms with Gasteiger partial charge >= 0.3 is 11.9 Å². The van der Waals surface area contributed by atoms with E-state index in [1.807, 2.05) is 0 Å². The molecular formula is C28H48N2O6. The van der Waals surface area contributed by atoms with Crippen LogP contribution in [0.2, 0.25) is 0 Å². The molecule has 8 heteroatoms. The van der Waals surface area contributed by atoms with E-state index in [1.165, 1.54) is 0 Å². The average Bonchev–Trinajstić information content (AvgIpc) is 2.87. The number of unbranched alkanes of at least 4 members (excludes halogenated alkanes) is 7. The molecule has 0 aliphatic heterocycles. The van der Waals surface area contributed by atoms with Crippen LogP contribution in [0.25, 0.3) is 0 Å². The van der Waals surface area contributed by atoms with E-state index in [4.69, 9.17) is 9.47 Å². The van der Waals surface area contributed by atoms with Gasteiger partial charge in [-0.05, 0) is 64.2 Å². The molecule has 8 nitrogen and oxygen atoms in total. The molecule has 0 aromatic carbocycles. The molecule has 36 heavy (non-hydrogen) atoms. The zero-order valence-corrected chi connectivity index (χ0v) is 22.6. The SMILES string of the molecule is CCCCC(CCCCC(=O)OCCCCCCOC(=O)CCCCC(CCCC)N=C=O)N=C=O. The Labute approximate surface area is 217 Å². The summed E-state index contributed by atoms with van der Waals surface area (Å²) in [6.45, 7) is 5.05. The number of hydrogen-bond donors (Lipinski definition) is 0. The van der Waals surface area contributed by atoms with E-state index in [2.05, 4.69) is 23.8 Å². The van der Waals surface area contributed by atoms with Crippen LogP contribution in [0.1, 0.15) is 129 Å². The first-order valence-corrected chi connectivity index (χ1v) is 14.0. The van der Waals surface area contributed by atoms with E-state index < -0.39 is 0 Å². The van der Waals surface area contributed by atoms with Crippen LogP contribution in [-0.2, 0) is 28.7 Å². The summed E-state index contributed by atoms with van der Waals surface area (Å²) in [6, 6.07) is 0.0468. The van der Waals surface area contributed by atoms with Crippen LogP contribution in [0, 0.1) is 0 Å². The third kappa shape index (κ3) is 22.2. The molecule has 2 atom stereocenters. The quantitative estimate of drug-likeness (QED) is 0.0599. The summed E-state index contributed by atoms with van der Waals surface area (Å²) in [7, 11) is 0. The Balaban J connectivity index is 3.61. The summed E-state index contributed by atoms with van der Waals surface area (Å²) in [5, 5.41) is 0. The maximum atomic E-state index is 11.8. The molecule has 0 amide bonds. The van der Waals surface area contributed by atoms with Gasteiger partial charge < -0.3 is 9.47 Å². The van der Waals surface area contributed by atoms with Gasteiger partial charge in [-0.15, -0.1) is 0 Å². The van der Waals surface area contributed by atoms with Gasteiger partial charge in [-0.25, -0.2) is 19.6 Å². The lowest BCUT2D eigenvalue weighted by Gasteiger charge is -2.10. The summed E-state index contributed by atoms with van der Waals surface area (Å²) >= 11 is 0. The fraction of sp³-hybridized carbons (Fsp3) is 0.857. The molecule has 0 saturated carbocycles. The minimum atomic E-state index is -0.178. The maximum Gasteiger partial charge on any atom is 0.305 e. The van der Waals surface area contributed by atoms with Crippen molar-refractivity contribution in [3.8, 4) is 0 Å². The number of isocyanates is 2. The fourth-order valence-electron chi connectivity index (χ4n) is 3.95. The number of esters is 2. The van der Waals surface area contributed by atoms with Gasteiger partial charge in [0.15, 0.2) is 0 Å². The van der Waals surface area contributed by atoms with Crippen LogP contribution in [-0.4, -0.2) is 49.4 Å². The molecule has 0 radical (unpaired) electrons. The van der Waals surface area contributed by atoms with Gasteiger partial charge in [0.25, 0.3) is 0 Å². The Morgan fingerprint density at radius 3 is 1.33 bits per heavy atom. The lowest BCUT2D eigenvalue weighted by Crippen LogP contribution is -2.08. The molecule has 0 heterocycles. The van der Waals surface area contributed by atoms with E-state index >= 15 is 0 Å². The van der Waals surface area contributed by atoms with E-state index in [-0.39, 0.29) is 24.0 Å². The topological polar surface area (TPSA) is 111 Å². The van der Waals surface area contributed by atoms with Gasteiger partial charge in [0.05, 0.1) is 25.3 Å². The second-order valence-electron chi connectivity index (χ2n) is 9.38. The van der Waals surface area contributed by atoms with Gasteiger partial charge in [-0.3, -0.25) is 9.59 Å². The minimum Gasteiger partial charge on any atom is -0.466 e. The van der Waals surface area contributed by atoms with Crippen molar-refractivity contribution >= 4 is 24.1 Å². The molecule has 0 aromatic rings. The highest BCUT2D eigenvalue weighted by atomic mass is 16.5. The Bertz CT molecular complexity index is 600. The average molecular weight is 509 g/mol. The van der Waals surface area contributed by atoms with Crippen LogP contribution in [0.15, 0.2) is 9.98 Å². The molecule has 0 aliphatic rings. The van der Waals surface area contributed by atoms with Crippen molar-refractivity contribution in [2.45, 2.75) is 142 Å². The van der Waals surface area contributed by atoms with Crippen LogP contribution in [0.4, 0.5) is 0 Å². The number of rotatable bonds is 25. The highest BCUT2D eigenvalue weighted by Crippen LogP contribution is 2.14. The van der Waals surface area contributed by atoms with Crippen LogP contribution in [0.5, 0.6) is 0 Å². The van der Waals surface area contributed by atoms with Gasteiger partial charge in [0.2, 0.25) is 12.2 Å². The summed E-state index contributed by atoms with van der Waals surface area (Å²) in [5.41, 5.74) is 0. The van der Waals surface area contributed by atoms with Crippen molar-refractivity contribution in [2.75, 3.05) is 13.2 Å². The summed E-state index contributed by atoms with van der Waals surface area (Å²) in [4.78, 5) is 52.3. The van der Waals surface area contributed by atoms with Crippen LogP contribution in [0.3, 0.4) is 0 Å². The second kappa shape index (κ2) is 25.8. The fourth-order valence-corrected chi connectivity index (χ4v) is 3.95. The summed E-state index contributed by atoms with van der Waals surface area (Å²) in [5.74, 6) is -0.356. The van der Waals surface area contributed by atoms with Crippen molar-refractivity contribution < 1.29 is 28.7 Å². The van der Waals surface area contributed by atoms with E-state index in [9.17, 15) is 19.2 Å². The summed E-state index contributed by atoms with van der Waals surface area (Å²) in [6.07, 6.45) is 18.4. The molecule has 206 valence electrons. The molecule has 0 aliphatic carbocycles. The Hall–Kier alpha value is -2.30.